The molecule has 0 amide bonds. The Kier molecular flexibility index (Phi) is 13.0. The first-order chi connectivity index (χ1) is 9.24. The topological polar surface area (TPSA) is 55.3 Å². The minimum absolute atomic E-state index is 0. The van der Waals surface area contributed by atoms with Crippen LogP contribution in [0.5, 0.6) is 5.75 Å². The zero-order valence-corrected chi connectivity index (χ0v) is 15.9. The second kappa shape index (κ2) is 12.9. The summed E-state index contributed by atoms with van der Waals surface area (Å²) < 4.78 is 4.81. The van der Waals surface area contributed by atoms with Gasteiger partial charge in [0, 0.05) is 0 Å². The Morgan fingerprint density at radius 3 is 2.20 bits per heavy atom. The van der Waals surface area contributed by atoms with Gasteiger partial charge in [-0.3, -0.25) is 0 Å². The normalized spacial score (nSPS) is 10.4. The van der Waals surface area contributed by atoms with Gasteiger partial charge in [-0.25, -0.2) is 0 Å². The van der Waals surface area contributed by atoms with Gasteiger partial charge >= 0.3 is 23.9 Å². The molecule has 0 heterocycles. The van der Waals surface area contributed by atoms with Crippen LogP contribution in [0.15, 0.2) is 24.3 Å². The molecule has 0 fully saturated rings. The molecule has 1 aromatic carbocycles. The molecule has 0 N–H and O–H groups in total. The zero-order chi connectivity index (χ0) is 13.9. The number of unbranched alkanes of at least 4 members (excludes halogenated alkanes) is 6. The molecule has 0 aliphatic carbocycles. The Hall–Kier alpha value is 0.169. The number of hydrogen-bond acceptors (Lipinski definition) is 3. The second-order valence-corrected chi connectivity index (χ2v) is 5.42. The number of aryl methyl sites for hydroxylation is 1. The Bertz CT molecular complexity index is 348. The molecule has 2 radical (unpaired) electrons. The average molecular weight is 401 g/mol. The molecular formula is C15H23O3PSn. The monoisotopic (exact) mass is 402 g/mol. The second-order valence-electron chi connectivity index (χ2n) is 4.79. The van der Waals surface area contributed by atoms with Crippen LogP contribution in [0.4, 0.5) is 0 Å². The molecule has 0 unspecified atom stereocenters. The van der Waals surface area contributed by atoms with Crippen molar-refractivity contribution >= 4 is 32.5 Å². The SMILES string of the molecule is CCCCCCCCCc1ccccc1OP([O-])[O-].[Sn+2]. The van der Waals surface area contributed by atoms with Crippen molar-refractivity contribution in [2.24, 2.45) is 0 Å². The van der Waals surface area contributed by atoms with E-state index < -0.39 is 8.60 Å². The van der Waals surface area contributed by atoms with Gasteiger partial charge in [-0.15, -0.1) is 0 Å². The van der Waals surface area contributed by atoms with Gasteiger partial charge in [-0.1, -0.05) is 72.3 Å². The number of benzene rings is 1. The van der Waals surface area contributed by atoms with E-state index in [2.05, 4.69) is 6.92 Å². The maximum absolute atomic E-state index is 10.6. The third-order valence-corrected chi connectivity index (χ3v) is 3.54. The smallest absolute Gasteiger partial charge is 0.810 e. The summed E-state index contributed by atoms with van der Waals surface area (Å²) in [6.45, 7) is 2.22. The summed E-state index contributed by atoms with van der Waals surface area (Å²) in [5.74, 6) is 0.476. The van der Waals surface area contributed by atoms with Crippen LogP contribution in [0.25, 0.3) is 0 Å². The maximum atomic E-state index is 10.6. The number of rotatable bonds is 10. The average Bonchev–Trinajstić information content (AvgIpc) is 2.39. The summed E-state index contributed by atoms with van der Waals surface area (Å²) in [5.41, 5.74) is 0.982. The summed E-state index contributed by atoms with van der Waals surface area (Å²) in [4.78, 5) is 21.2. The molecule has 110 valence electrons. The van der Waals surface area contributed by atoms with Crippen LogP contribution in [0.3, 0.4) is 0 Å². The van der Waals surface area contributed by atoms with Crippen molar-refractivity contribution in [3.63, 3.8) is 0 Å². The van der Waals surface area contributed by atoms with Crippen LogP contribution in [0.2, 0.25) is 0 Å². The molecule has 5 heteroatoms. The van der Waals surface area contributed by atoms with E-state index in [0.29, 0.717) is 5.75 Å². The van der Waals surface area contributed by atoms with Crippen LogP contribution in [0.1, 0.15) is 57.4 Å². The van der Waals surface area contributed by atoms with E-state index in [-0.39, 0.29) is 23.9 Å². The zero-order valence-electron chi connectivity index (χ0n) is 12.1. The van der Waals surface area contributed by atoms with Crippen molar-refractivity contribution in [1.29, 1.82) is 0 Å². The third-order valence-electron chi connectivity index (χ3n) is 3.20. The molecule has 20 heavy (non-hydrogen) atoms. The third kappa shape index (κ3) is 9.17. The van der Waals surface area contributed by atoms with Crippen molar-refractivity contribution in [3.05, 3.63) is 29.8 Å². The van der Waals surface area contributed by atoms with Gasteiger partial charge in [-0.05, 0) is 24.5 Å². The van der Waals surface area contributed by atoms with Crippen molar-refractivity contribution in [2.45, 2.75) is 58.3 Å². The Morgan fingerprint density at radius 2 is 1.55 bits per heavy atom. The van der Waals surface area contributed by atoms with E-state index in [0.717, 1.165) is 18.4 Å². The van der Waals surface area contributed by atoms with Gasteiger partial charge in [0.15, 0.2) is 0 Å². The fourth-order valence-electron chi connectivity index (χ4n) is 2.15. The van der Waals surface area contributed by atoms with Crippen molar-refractivity contribution in [3.8, 4) is 5.75 Å². The molecule has 3 nitrogen and oxygen atoms in total. The van der Waals surface area contributed by atoms with E-state index >= 15 is 0 Å². The standard InChI is InChI=1S/C15H23O3P.Sn/c1-2-3-4-5-6-7-8-11-14-12-9-10-13-15(14)18-19(16)17;/h9-10,12-13H,2-8,11H2,1H3;/q-2;+2. The summed E-state index contributed by atoms with van der Waals surface area (Å²) in [7, 11) is -2.82. The maximum Gasteiger partial charge on any atom is 2.00 e. The van der Waals surface area contributed by atoms with Gasteiger partial charge in [0.05, 0.1) is 0 Å². The fourth-order valence-corrected chi connectivity index (χ4v) is 2.49. The predicted molar refractivity (Wildman–Crippen MR) is 81.4 cm³/mol. The van der Waals surface area contributed by atoms with E-state index in [1.54, 1.807) is 12.1 Å². The summed E-state index contributed by atoms with van der Waals surface area (Å²) in [6.07, 6.45) is 9.66. The summed E-state index contributed by atoms with van der Waals surface area (Å²) >= 11 is 0. The van der Waals surface area contributed by atoms with Gasteiger partial charge in [-0.2, -0.15) is 0 Å². The molecule has 0 aliphatic rings. The van der Waals surface area contributed by atoms with Crippen LogP contribution in [-0.2, 0) is 6.42 Å². The van der Waals surface area contributed by atoms with Crippen LogP contribution >= 0.6 is 8.60 Å². The first-order valence-corrected chi connectivity index (χ1v) is 8.24. The van der Waals surface area contributed by atoms with E-state index in [1.165, 1.54) is 38.5 Å². The first-order valence-electron chi connectivity index (χ1n) is 7.14. The molecule has 1 rings (SSSR count). The molecule has 0 spiro atoms. The molecule has 0 aromatic heterocycles. The Morgan fingerprint density at radius 1 is 0.950 bits per heavy atom. The van der Waals surface area contributed by atoms with E-state index in [9.17, 15) is 9.79 Å². The summed E-state index contributed by atoms with van der Waals surface area (Å²) in [6, 6.07) is 7.36. The molecule has 0 saturated heterocycles. The minimum atomic E-state index is -2.82. The molecule has 1 aromatic rings. The van der Waals surface area contributed by atoms with Gasteiger partial charge in [0.1, 0.15) is 5.75 Å². The molecule has 0 bridgehead atoms. The van der Waals surface area contributed by atoms with Crippen LogP contribution in [-0.4, -0.2) is 23.9 Å². The quantitative estimate of drug-likeness (QED) is 0.344. The molecule has 0 aliphatic heterocycles. The summed E-state index contributed by atoms with van der Waals surface area (Å²) in [5, 5.41) is 0. The predicted octanol–water partition coefficient (Wildman–Crippen LogP) is 2.93. The van der Waals surface area contributed by atoms with E-state index in [1.807, 2.05) is 12.1 Å². The van der Waals surface area contributed by atoms with Gasteiger partial charge in [0.25, 0.3) is 0 Å². The van der Waals surface area contributed by atoms with Crippen LogP contribution in [0, 0.1) is 0 Å². The van der Waals surface area contributed by atoms with Gasteiger partial charge < -0.3 is 14.3 Å². The van der Waals surface area contributed by atoms with E-state index in [4.69, 9.17) is 4.52 Å². The van der Waals surface area contributed by atoms with Crippen LogP contribution < -0.4 is 14.3 Å². The van der Waals surface area contributed by atoms with Crippen molar-refractivity contribution < 1.29 is 14.3 Å². The van der Waals surface area contributed by atoms with Crippen molar-refractivity contribution in [1.82, 2.24) is 0 Å². The number of para-hydroxylation sites is 1. The largest absolute Gasteiger partial charge is 2.00 e. The minimum Gasteiger partial charge on any atom is -0.810 e. The van der Waals surface area contributed by atoms with Gasteiger partial charge in [0.2, 0.25) is 0 Å². The molecular weight excluding hydrogens is 378 g/mol. The van der Waals surface area contributed by atoms with Crippen molar-refractivity contribution in [2.75, 3.05) is 0 Å². The molecule has 0 atom stereocenters. The Balaban J connectivity index is 0.00000361. The first kappa shape index (κ1) is 20.2. The fraction of sp³-hybridized carbons (Fsp3) is 0.600. The number of hydrogen-bond donors (Lipinski definition) is 0. The Labute approximate surface area is 140 Å². The molecule has 0 saturated carbocycles.